The van der Waals surface area contributed by atoms with Crippen LogP contribution in [0.2, 0.25) is 0 Å². The molecule has 6 nitrogen and oxygen atoms in total. The van der Waals surface area contributed by atoms with E-state index in [2.05, 4.69) is 54.2 Å². The lowest BCUT2D eigenvalue weighted by atomic mass is 9.59. The lowest BCUT2D eigenvalue weighted by molar-refractivity contribution is -0.0959. The van der Waals surface area contributed by atoms with Crippen LogP contribution in [0.3, 0.4) is 0 Å². The highest BCUT2D eigenvalue weighted by Gasteiger charge is 2.58. The monoisotopic (exact) mass is 431 g/mol. The number of ether oxygens (including phenoxy) is 1. The van der Waals surface area contributed by atoms with E-state index < -0.39 is 5.60 Å². The van der Waals surface area contributed by atoms with Gasteiger partial charge in [-0.25, -0.2) is 0 Å². The van der Waals surface area contributed by atoms with E-state index in [0.717, 1.165) is 50.9 Å². The Hall–Kier alpha value is -1.63. The molecule has 0 radical (unpaired) electrons. The van der Waals surface area contributed by atoms with E-state index in [1.807, 2.05) is 26.4 Å². The van der Waals surface area contributed by atoms with Gasteiger partial charge in [-0.1, -0.05) is 24.2 Å². The highest BCUT2D eigenvalue weighted by molar-refractivity contribution is 5.62. The second-order valence-corrected chi connectivity index (χ2v) is 10.1. The Balaban J connectivity index is 1.61. The second-order valence-electron chi connectivity index (χ2n) is 10.1. The molecule has 1 N–H and O–H groups in total. The molecule has 3 rings (SSSR count). The standard InChI is InChI=1S/C25H41N3O3/c1-24-11-9-21(20-7-6-8-23(17-20)30-15-13-27(2)3)18-25(24,29)12-10-22(24)19-26-31-16-14-28(4)5/h6-8,17,19,21-22,29H,9-16,18H2,1-5H3/b26-19+/t21-,22+,24+,25-/m0/s1. The van der Waals surface area contributed by atoms with Crippen LogP contribution in [-0.2, 0) is 4.84 Å². The number of nitrogens with zero attached hydrogens (tertiary/aromatic N) is 3. The maximum atomic E-state index is 11.7. The number of fused-ring (bicyclic) bond motifs is 1. The summed E-state index contributed by atoms with van der Waals surface area (Å²) in [6.07, 6.45) is 6.62. The Morgan fingerprint density at radius 1 is 1.10 bits per heavy atom. The summed E-state index contributed by atoms with van der Waals surface area (Å²) < 4.78 is 5.94. The Morgan fingerprint density at radius 3 is 2.58 bits per heavy atom. The van der Waals surface area contributed by atoms with E-state index >= 15 is 0 Å². The van der Waals surface area contributed by atoms with Gasteiger partial charge in [0.05, 0.1) is 5.60 Å². The second kappa shape index (κ2) is 10.3. The third kappa shape index (κ3) is 5.79. The fourth-order valence-corrected chi connectivity index (χ4v) is 5.20. The first-order valence-corrected chi connectivity index (χ1v) is 11.6. The Bertz CT molecular complexity index is 738. The van der Waals surface area contributed by atoms with Gasteiger partial charge in [-0.15, -0.1) is 0 Å². The van der Waals surface area contributed by atoms with E-state index in [1.165, 1.54) is 5.56 Å². The van der Waals surface area contributed by atoms with Gasteiger partial charge in [0.25, 0.3) is 0 Å². The number of aliphatic hydroxyl groups is 1. The molecule has 0 saturated heterocycles. The number of likely N-dealkylation sites (N-methyl/N-ethyl adjacent to an activating group) is 2. The average Bonchev–Trinajstić information content (AvgIpc) is 2.98. The largest absolute Gasteiger partial charge is 0.492 e. The van der Waals surface area contributed by atoms with E-state index in [9.17, 15) is 5.11 Å². The topological polar surface area (TPSA) is 57.5 Å². The summed E-state index contributed by atoms with van der Waals surface area (Å²) in [6.45, 7) is 5.26. The van der Waals surface area contributed by atoms with Crippen molar-refractivity contribution in [3.8, 4) is 5.75 Å². The van der Waals surface area contributed by atoms with E-state index in [-0.39, 0.29) is 11.3 Å². The van der Waals surface area contributed by atoms with Crippen molar-refractivity contribution < 1.29 is 14.7 Å². The van der Waals surface area contributed by atoms with Crippen molar-refractivity contribution in [1.29, 1.82) is 0 Å². The molecule has 0 aromatic heterocycles. The predicted molar refractivity (Wildman–Crippen MR) is 126 cm³/mol. The van der Waals surface area contributed by atoms with Crippen LogP contribution in [0.1, 0.15) is 50.5 Å². The van der Waals surface area contributed by atoms with Gasteiger partial charge in [0.2, 0.25) is 0 Å². The van der Waals surface area contributed by atoms with Gasteiger partial charge in [-0.2, -0.15) is 0 Å². The van der Waals surface area contributed by atoms with Crippen LogP contribution in [0.5, 0.6) is 5.75 Å². The zero-order valence-corrected chi connectivity index (χ0v) is 20.0. The predicted octanol–water partition coefficient (Wildman–Crippen LogP) is 3.61. The van der Waals surface area contributed by atoms with Gasteiger partial charge in [-0.05, 0) is 83.9 Å². The molecule has 4 atom stereocenters. The van der Waals surface area contributed by atoms with E-state index in [1.54, 1.807) is 0 Å². The molecule has 0 aliphatic heterocycles. The minimum atomic E-state index is -0.655. The molecule has 0 unspecified atom stereocenters. The van der Waals surface area contributed by atoms with Crippen molar-refractivity contribution in [2.24, 2.45) is 16.5 Å². The van der Waals surface area contributed by atoms with Crippen molar-refractivity contribution in [3.05, 3.63) is 29.8 Å². The summed E-state index contributed by atoms with van der Waals surface area (Å²) in [5, 5.41) is 15.9. The van der Waals surface area contributed by atoms with E-state index in [4.69, 9.17) is 9.57 Å². The summed E-state index contributed by atoms with van der Waals surface area (Å²) in [4.78, 5) is 9.64. The number of benzene rings is 1. The van der Waals surface area contributed by atoms with Crippen LogP contribution < -0.4 is 4.74 Å². The number of rotatable bonds is 10. The zero-order chi connectivity index (χ0) is 22.5. The molecule has 1 aromatic rings. The molecule has 2 aliphatic carbocycles. The van der Waals surface area contributed by atoms with Gasteiger partial charge in [-0.3, -0.25) is 0 Å². The summed E-state index contributed by atoms with van der Waals surface area (Å²) in [7, 11) is 8.15. The first-order valence-electron chi connectivity index (χ1n) is 11.6. The first kappa shape index (κ1) is 24.0. The van der Waals surface area contributed by atoms with Crippen LogP contribution >= 0.6 is 0 Å². The SMILES string of the molecule is CN(C)CCO/N=C/[C@H]1CC[C@]2(O)C[C@@H](c3cccc(OCCN(C)C)c3)CC[C@]12C. The van der Waals surface area contributed by atoms with Crippen molar-refractivity contribution in [2.45, 2.75) is 50.5 Å². The smallest absolute Gasteiger partial charge is 0.129 e. The fourth-order valence-electron chi connectivity index (χ4n) is 5.20. The Morgan fingerprint density at radius 2 is 1.84 bits per heavy atom. The molecular formula is C25H41N3O3. The fraction of sp³-hybridized carbons (Fsp3) is 0.720. The van der Waals surface area contributed by atoms with Crippen LogP contribution in [0.15, 0.2) is 29.4 Å². The molecular weight excluding hydrogens is 390 g/mol. The number of hydrogen-bond donors (Lipinski definition) is 1. The molecule has 0 heterocycles. The Kier molecular flexibility index (Phi) is 8.00. The molecule has 2 aliphatic rings. The zero-order valence-electron chi connectivity index (χ0n) is 20.0. The molecule has 31 heavy (non-hydrogen) atoms. The molecule has 6 heteroatoms. The number of oxime groups is 1. The first-order chi connectivity index (χ1) is 14.7. The lowest BCUT2D eigenvalue weighted by Crippen LogP contribution is -2.49. The van der Waals surface area contributed by atoms with Crippen molar-refractivity contribution in [3.63, 3.8) is 0 Å². The highest BCUT2D eigenvalue weighted by atomic mass is 16.6. The molecule has 174 valence electrons. The molecule has 2 fully saturated rings. The van der Waals surface area contributed by atoms with Gasteiger partial charge in [0.15, 0.2) is 0 Å². The summed E-state index contributed by atoms with van der Waals surface area (Å²) >= 11 is 0. The minimum Gasteiger partial charge on any atom is -0.492 e. The normalized spacial score (nSPS) is 30.8. The lowest BCUT2D eigenvalue weighted by Gasteiger charge is -2.48. The quantitative estimate of drug-likeness (QED) is 0.348. The van der Waals surface area contributed by atoms with Crippen molar-refractivity contribution in [1.82, 2.24) is 9.80 Å². The molecule has 0 bridgehead atoms. The molecule has 0 spiro atoms. The number of hydrogen-bond acceptors (Lipinski definition) is 6. The van der Waals surface area contributed by atoms with Gasteiger partial charge < -0.3 is 24.5 Å². The minimum absolute atomic E-state index is 0.141. The third-order valence-corrected chi connectivity index (χ3v) is 7.43. The van der Waals surface area contributed by atoms with Gasteiger partial charge in [0.1, 0.15) is 19.0 Å². The summed E-state index contributed by atoms with van der Waals surface area (Å²) in [5.41, 5.74) is 0.484. The molecule has 1 aromatic carbocycles. The highest BCUT2D eigenvalue weighted by Crippen LogP contribution is 2.60. The molecule has 2 saturated carbocycles. The average molecular weight is 432 g/mol. The third-order valence-electron chi connectivity index (χ3n) is 7.43. The maximum Gasteiger partial charge on any atom is 0.129 e. The summed E-state index contributed by atoms with van der Waals surface area (Å²) in [5.74, 6) is 1.55. The van der Waals surface area contributed by atoms with E-state index in [0.29, 0.717) is 19.1 Å². The maximum absolute atomic E-state index is 11.7. The van der Waals surface area contributed by atoms with Gasteiger partial charge in [0, 0.05) is 30.6 Å². The van der Waals surface area contributed by atoms with Crippen LogP contribution in [0.4, 0.5) is 0 Å². The van der Waals surface area contributed by atoms with Crippen LogP contribution in [-0.4, -0.2) is 81.2 Å². The summed E-state index contributed by atoms with van der Waals surface area (Å²) in [6, 6.07) is 8.45. The van der Waals surface area contributed by atoms with Crippen LogP contribution in [0, 0.1) is 11.3 Å². The van der Waals surface area contributed by atoms with Gasteiger partial charge >= 0.3 is 0 Å². The van der Waals surface area contributed by atoms with Crippen LogP contribution in [0.25, 0.3) is 0 Å². The Labute approximate surface area is 188 Å². The molecule has 0 amide bonds. The van der Waals surface area contributed by atoms with Crippen molar-refractivity contribution in [2.75, 3.05) is 54.5 Å². The van der Waals surface area contributed by atoms with Crippen molar-refractivity contribution >= 4 is 6.21 Å².